The van der Waals surface area contributed by atoms with Crippen LogP contribution < -0.4 is 10.1 Å². The summed E-state index contributed by atoms with van der Waals surface area (Å²) in [4.78, 5) is 12.1. The molecule has 0 saturated carbocycles. The molecule has 0 saturated heterocycles. The average molecular weight is 324 g/mol. The van der Waals surface area contributed by atoms with E-state index < -0.39 is 0 Å². The van der Waals surface area contributed by atoms with Crippen LogP contribution in [-0.4, -0.2) is 30.8 Å². The van der Waals surface area contributed by atoms with Crippen molar-refractivity contribution in [3.63, 3.8) is 0 Å². The Hall–Kier alpha value is -1.52. The van der Waals surface area contributed by atoms with Crippen molar-refractivity contribution in [1.29, 1.82) is 0 Å². The van der Waals surface area contributed by atoms with Gasteiger partial charge in [0.2, 0.25) is 0 Å². The number of hydrogen-bond acceptors (Lipinski definition) is 3. The lowest BCUT2D eigenvalue weighted by atomic mass is 9.89. The minimum Gasteiger partial charge on any atom is -0.488 e. The van der Waals surface area contributed by atoms with E-state index in [0.717, 1.165) is 24.2 Å². The fourth-order valence-electron chi connectivity index (χ4n) is 2.24. The number of ether oxygens (including phenoxy) is 1. The van der Waals surface area contributed by atoms with Gasteiger partial charge in [0.05, 0.1) is 5.57 Å². The normalized spacial score (nSPS) is 13.9. The summed E-state index contributed by atoms with van der Waals surface area (Å²) < 4.78 is 5.57. The van der Waals surface area contributed by atoms with E-state index in [1.807, 2.05) is 19.9 Å². The van der Waals surface area contributed by atoms with Crippen molar-refractivity contribution in [2.45, 2.75) is 26.7 Å². The van der Waals surface area contributed by atoms with Crippen molar-refractivity contribution in [1.82, 2.24) is 5.32 Å². The predicted octanol–water partition coefficient (Wildman–Crippen LogP) is 3.03. The Morgan fingerprint density at radius 3 is 2.95 bits per heavy atom. The fourth-order valence-corrected chi connectivity index (χ4v) is 2.42. The first kappa shape index (κ1) is 16.8. The fraction of sp³-hybridized carbons (Fsp3) is 0.471. The van der Waals surface area contributed by atoms with Crippen LogP contribution in [0.3, 0.4) is 0 Å². The van der Waals surface area contributed by atoms with Crippen LogP contribution in [-0.2, 0) is 4.79 Å². The summed E-state index contributed by atoms with van der Waals surface area (Å²) in [6, 6.07) is 5.36. The van der Waals surface area contributed by atoms with E-state index in [9.17, 15) is 9.90 Å². The second-order valence-electron chi connectivity index (χ2n) is 6.32. The van der Waals surface area contributed by atoms with Crippen LogP contribution in [0, 0.1) is 5.41 Å². The quantitative estimate of drug-likeness (QED) is 0.791. The summed E-state index contributed by atoms with van der Waals surface area (Å²) in [5.41, 5.74) is 1.31. The van der Waals surface area contributed by atoms with Crippen LogP contribution in [0.25, 0.3) is 6.08 Å². The first-order valence-corrected chi connectivity index (χ1v) is 7.81. The summed E-state index contributed by atoms with van der Waals surface area (Å²) in [5, 5.41) is 12.7. The minimum atomic E-state index is -0.118. The van der Waals surface area contributed by atoms with Gasteiger partial charge in [-0.25, -0.2) is 0 Å². The molecular weight excluding hydrogens is 302 g/mol. The van der Waals surface area contributed by atoms with Crippen molar-refractivity contribution in [2.75, 3.05) is 19.8 Å². The molecular formula is C17H22ClNO3. The third-order valence-electron chi connectivity index (χ3n) is 3.72. The maximum absolute atomic E-state index is 12.1. The van der Waals surface area contributed by atoms with Gasteiger partial charge >= 0.3 is 0 Å². The van der Waals surface area contributed by atoms with Gasteiger partial charge in [-0.2, -0.15) is 0 Å². The standard InChI is InChI=1S/C17H22ClNO3/c1-17(2,11-20)6-3-7-19-16(21)13-8-12-9-14(18)4-5-15(12)22-10-13/h4-5,8-9,20H,3,6-7,10-11H2,1-2H3,(H,19,21). The van der Waals surface area contributed by atoms with E-state index in [1.54, 1.807) is 18.2 Å². The minimum absolute atomic E-state index is 0.104. The van der Waals surface area contributed by atoms with E-state index in [2.05, 4.69) is 5.32 Å². The molecule has 0 bridgehead atoms. The van der Waals surface area contributed by atoms with Crippen LogP contribution in [0.4, 0.5) is 0 Å². The Kier molecular flexibility index (Phi) is 5.48. The molecule has 5 heteroatoms. The van der Waals surface area contributed by atoms with Crippen molar-refractivity contribution in [3.05, 3.63) is 34.4 Å². The van der Waals surface area contributed by atoms with Crippen molar-refractivity contribution >= 4 is 23.6 Å². The smallest absolute Gasteiger partial charge is 0.250 e. The number of nitrogens with one attached hydrogen (secondary N) is 1. The zero-order valence-corrected chi connectivity index (χ0v) is 13.7. The maximum Gasteiger partial charge on any atom is 0.250 e. The van der Waals surface area contributed by atoms with Gasteiger partial charge in [-0.1, -0.05) is 25.4 Å². The van der Waals surface area contributed by atoms with Gasteiger partial charge in [0.25, 0.3) is 5.91 Å². The van der Waals surface area contributed by atoms with Crippen molar-refractivity contribution < 1.29 is 14.6 Å². The largest absolute Gasteiger partial charge is 0.488 e. The summed E-state index contributed by atoms with van der Waals surface area (Å²) in [7, 11) is 0. The zero-order valence-electron chi connectivity index (χ0n) is 13.0. The Labute approximate surface area is 136 Å². The first-order chi connectivity index (χ1) is 10.4. The first-order valence-electron chi connectivity index (χ1n) is 7.43. The third-order valence-corrected chi connectivity index (χ3v) is 3.96. The molecule has 0 radical (unpaired) electrons. The zero-order chi connectivity index (χ0) is 16.2. The maximum atomic E-state index is 12.1. The number of hydrogen-bond donors (Lipinski definition) is 2. The lowest BCUT2D eigenvalue weighted by Gasteiger charge is -2.21. The number of fused-ring (bicyclic) bond motifs is 1. The summed E-state index contributed by atoms with van der Waals surface area (Å²) in [6.07, 6.45) is 3.51. The molecule has 0 atom stereocenters. The van der Waals surface area contributed by atoms with Crippen molar-refractivity contribution in [3.8, 4) is 5.75 Å². The van der Waals surface area contributed by atoms with Gasteiger partial charge < -0.3 is 15.2 Å². The highest BCUT2D eigenvalue weighted by Gasteiger charge is 2.18. The molecule has 0 aliphatic carbocycles. The molecule has 0 spiro atoms. The molecule has 120 valence electrons. The Bertz CT molecular complexity index is 581. The van der Waals surface area contributed by atoms with E-state index >= 15 is 0 Å². The second-order valence-corrected chi connectivity index (χ2v) is 6.76. The number of carbonyl (C=O) groups excluding carboxylic acids is 1. The lowest BCUT2D eigenvalue weighted by molar-refractivity contribution is -0.117. The molecule has 0 aromatic heterocycles. The van der Waals surface area contributed by atoms with E-state index in [4.69, 9.17) is 16.3 Å². The van der Waals surface area contributed by atoms with E-state index in [0.29, 0.717) is 17.1 Å². The number of benzene rings is 1. The van der Waals surface area contributed by atoms with Crippen LogP contribution in [0.5, 0.6) is 5.75 Å². The molecule has 1 aromatic rings. The molecule has 1 heterocycles. The monoisotopic (exact) mass is 323 g/mol. The highest BCUT2D eigenvalue weighted by Crippen LogP contribution is 2.29. The molecule has 1 aromatic carbocycles. The topological polar surface area (TPSA) is 58.6 Å². The van der Waals surface area contributed by atoms with Gasteiger partial charge in [-0.05, 0) is 42.5 Å². The highest BCUT2D eigenvalue weighted by molar-refractivity contribution is 6.30. The van der Waals surface area contributed by atoms with Crippen LogP contribution in [0.2, 0.25) is 5.02 Å². The highest BCUT2D eigenvalue weighted by atomic mass is 35.5. The molecule has 1 amide bonds. The molecule has 4 nitrogen and oxygen atoms in total. The number of amides is 1. The van der Waals surface area contributed by atoms with Crippen LogP contribution in [0.1, 0.15) is 32.3 Å². The van der Waals surface area contributed by atoms with Crippen LogP contribution in [0.15, 0.2) is 23.8 Å². The molecule has 1 aliphatic heterocycles. The Morgan fingerprint density at radius 2 is 2.23 bits per heavy atom. The molecule has 22 heavy (non-hydrogen) atoms. The lowest BCUT2D eigenvalue weighted by Crippen LogP contribution is -2.30. The van der Waals surface area contributed by atoms with E-state index in [-0.39, 0.29) is 24.5 Å². The molecule has 0 fully saturated rings. The van der Waals surface area contributed by atoms with Crippen molar-refractivity contribution in [2.24, 2.45) is 5.41 Å². The van der Waals surface area contributed by atoms with Gasteiger partial charge in [-0.3, -0.25) is 4.79 Å². The Morgan fingerprint density at radius 1 is 1.45 bits per heavy atom. The summed E-state index contributed by atoms with van der Waals surface area (Å²) in [5.74, 6) is 0.623. The van der Waals surface area contributed by atoms with Gasteiger partial charge in [-0.15, -0.1) is 0 Å². The van der Waals surface area contributed by atoms with Gasteiger partial charge in [0.15, 0.2) is 0 Å². The molecule has 2 rings (SSSR count). The SMILES string of the molecule is CC(C)(CO)CCCNC(=O)C1=Cc2cc(Cl)ccc2OC1. The predicted molar refractivity (Wildman–Crippen MR) is 88.0 cm³/mol. The molecule has 2 N–H and O–H groups in total. The van der Waals surface area contributed by atoms with Gasteiger partial charge in [0, 0.05) is 23.7 Å². The average Bonchev–Trinajstić information content (AvgIpc) is 2.50. The number of carbonyl (C=O) groups is 1. The second kappa shape index (κ2) is 7.16. The number of aliphatic hydroxyl groups excluding tert-OH is 1. The van der Waals surface area contributed by atoms with E-state index in [1.165, 1.54) is 0 Å². The summed E-state index contributed by atoms with van der Waals surface area (Å²) in [6.45, 7) is 5.02. The summed E-state index contributed by atoms with van der Waals surface area (Å²) >= 11 is 5.96. The third kappa shape index (κ3) is 4.49. The molecule has 0 unspecified atom stereocenters. The Balaban J connectivity index is 1.88. The number of aliphatic hydroxyl groups is 1. The molecule has 1 aliphatic rings. The number of halogens is 1. The van der Waals surface area contributed by atoms with Crippen LogP contribution >= 0.6 is 11.6 Å². The number of rotatable bonds is 6. The van der Waals surface area contributed by atoms with Gasteiger partial charge in [0.1, 0.15) is 12.4 Å².